The minimum atomic E-state index is -0.812. The van der Waals surface area contributed by atoms with E-state index in [1.54, 1.807) is 0 Å². The monoisotopic (exact) mass is 283 g/mol. The number of nitrogens with two attached hydrogens (primary N) is 1. The van der Waals surface area contributed by atoms with Crippen LogP contribution in [-0.2, 0) is 11.3 Å². The van der Waals surface area contributed by atoms with E-state index in [0.29, 0.717) is 19.2 Å². The van der Waals surface area contributed by atoms with Crippen LogP contribution in [0, 0.1) is 11.6 Å². The van der Waals surface area contributed by atoms with Crippen molar-refractivity contribution in [1.29, 1.82) is 0 Å². The van der Waals surface area contributed by atoms with Gasteiger partial charge in [-0.2, -0.15) is 0 Å². The lowest BCUT2D eigenvalue weighted by Crippen LogP contribution is -2.13. The van der Waals surface area contributed by atoms with Crippen LogP contribution in [0.5, 0.6) is 0 Å². The van der Waals surface area contributed by atoms with Crippen LogP contribution in [0.3, 0.4) is 0 Å². The fourth-order valence-electron chi connectivity index (χ4n) is 1.66. The number of nitrogen functional groups attached to an aromatic ring is 1. The van der Waals surface area contributed by atoms with Crippen LogP contribution in [0.15, 0.2) is 12.1 Å². The van der Waals surface area contributed by atoms with Gasteiger partial charge in [-0.3, -0.25) is 0 Å². The van der Waals surface area contributed by atoms with E-state index in [9.17, 15) is 8.78 Å². The second-order valence-corrected chi connectivity index (χ2v) is 4.50. The quantitative estimate of drug-likeness (QED) is 0.844. The third-order valence-corrected chi connectivity index (χ3v) is 2.61. The van der Waals surface area contributed by atoms with Gasteiger partial charge in [0.25, 0.3) is 0 Å². The minimum Gasteiger partial charge on any atom is -0.396 e. The Kier molecular flexibility index (Phi) is 4.23. The van der Waals surface area contributed by atoms with Crippen molar-refractivity contribution >= 4 is 5.69 Å². The van der Waals surface area contributed by atoms with Crippen molar-refractivity contribution in [2.75, 3.05) is 12.3 Å². The van der Waals surface area contributed by atoms with Gasteiger partial charge in [-0.15, -0.1) is 5.10 Å². The number of hydrogen-bond donors (Lipinski definition) is 1. The molecule has 0 spiro atoms. The molecule has 0 atom stereocenters. The molecule has 2 aromatic rings. The van der Waals surface area contributed by atoms with Crippen molar-refractivity contribution in [1.82, 2.24) is 20.2 Å². The topological polar surface area (TPSA) is 78.8 Å². The van der Waals surface area contributed by atoms with Gasteiger partial charge in [0.15, 0.2) is 5.82 Å². The molecule has 1 aromatic heterocycles. The number of nitrogens with zero attached hydrogens (tertiary/aromatic N) is 4. The summed E-state index contributed by atoms with van der Waals surface area (Å²) < 4.78 is 33.7. The van der Waals surface area contributed by atoms with Gasteiger partial charge in [-0.05, 0) is 30.3 Å². The van der Waals surface area contributed by atoms with Gasteiger partial charge in [-0.25, -0.2) is 13.5 Å². The molecule has 2 rings (SSSR count). The smallest absolute Gasteiger partial charge is 0.185 e. The van der Waals surface area contributed by atoms with Crippen LogP contribution < -0.4 is 5.73 Å². The summed E-state index contributed by atoms with van der Waals surface area (Å²) in [5, 5.41) is 11.0. The molecule has 0 aliphatic heterocycles. The predicted octanol–water partition coefficient (Wildman–Crippen LogP) is 1.63. The van der Waals surface area contributed by atoms with Gasteiger partial charge < -0.3 is 10.5 Å². The van der Waals surface area contributed by atoms with E-state index in [-0.39, 0.29) is 23.2 Å². The predicted molar refractivity (Wildman–Crippen MR) is 68.7 cm³/mol. The molecule has 0 amide bonds. The Bertz CT molecular complexity index is 600. The van der Waals surface area contributed by atoms with Crippen LogP contribution in [0.1, 0.15) is 13.8 Å². The Morgan fingerprint density at radius 2 is 2.05 bits per heavy atom. The van der Waals surface area contributed by atoms with Gasteiger partial charge in [-0.1, -0.05) is 0 Å². The minimum absolute atomic E-state index is 0.0541. The molecule has 6 nitrogen and oxygen atoms in total. The van der Waals surface area contributed by atoms with Crippen molar-refractivity contribution in [3.8, 4) is 11.4 Å². The van der Waals surface area contributed by atoms with Crippen LogP contribution in [0.25, 0.3) is 11.4 Å². The summed E-state index contributed by atoms with van der Waals surface area (Å²) in [6.45, 7) is 4.55. The molecule has 0 aliphatic rings. The highest BCUT2D eigenvalue weighted by Gasteiger charge is 2.16. The number of hydrogen-bond acceptors (Lipinski definition) is 5. The summed E-state index contributed by atoms with van der Waals surface area (Å²) in [7, 11) is 0. The molecule has 20 heavy (non-hydrogen) atoms. The van der Waals surface area contributed by atoms with E-state index in [1.165, 1.54) is 10.7 Å². The summed E-state index contributed by atoms with van der Waals surface area (Å²) in [4.78, 5) is 0. The number of aromatic nitrogens is 4. The zero-order chi connectivity index (χ0) is 14.7. The Morgan fingerprint density at radius 1 is 1.30 bits per heavy atom. The number of halogens is 2. The first kappa shape index (κ1) is 14.3. The average molecular weight is 283 g/mol. The Hall–Kier alpha value is -2.09. The highest BCUT2D eigenvalue weighted by molar-refractivity contribution is 5.62. The maximum atomic E-state index is 13.8. The summed E-state index contributed by atoms with van der Waals surface area (Å²) in [5.74, 6) is -1.40. The normalized spacial score (nSPS) is 11.2. The van der Waals surface area contributed by atoms with Crippen molar-refractivity contribution in [2.24, 2.45) is 0 Å². The zero-order valence-corrected chi connectivity index (χ0v) is 11.2. The molecule has 0 unspecified atom stereocenters. The number of benzene rings is 1. The molecular formula is C12H15F2N5O. The lowest BCUT2D eigenvalue weighted by atomic mass is 10.1. The van der Waals surface area contributed by atoms with E-state index in [1.807, 2.05) is 13.8 Å². The largest absolute Gasteiger partial charge is 0.396 e. The van der Waals surface area contributed by atoms with E-state index < -0.39 is 11.6 Å². The molecule has 0 saturated carbocycles. The molecule has 0 radical (unpaired) electrons. The Labute approximate surface area is 114 Å². The number of anilines is 1. The number of tetrazole rings is 1. The van der Waals surface area contributed by atoms with Crippen molar-refractivity contribution in [2.45, 2.75) is 26.5 Å². The maximum Gasteiger partial charge on any atom is 0.185 e. The molecule has 0 aliphatic carbocycles. The maximum absolute atomic E-state index is 13.8. The molecule has 8 heteroatoms. The molecule has 0 bridgehead atoms. The Morgan fingerprint density at radius 3 is 2.75 bits per heavy atom. The van der Waals surface area contributed by atoms with Gasteiger partial charge in [0.1, 0.15) is 11.6 Å². The fourth-order valence-corrected chi connectivity index (χ4v) is 1.66. The third kappa shape index (κ3) is 3.08. The molecule has 0 saturated heterocycles. The van der Waals surface area contributed by atoms with Crippen LogP contribution >= 0.6 is 0 Å². The summed E-state index contributed by atoms with van der Waals surface area (Å²) in [6, 6.07) is 1.89. The lowest BCUT2D eigenvalue weighted by molar-refractivity contribution is 0.0709. The fraction of sp³-hybridized carbons (Fsp3) is 0.417. The summed E-state index contributed by atoms with van der Waals surface area (Å²) >= 11 is 0. The highest BCUT2D eigenvalue weighted by atomic mass is 19.1. The standard InChI is InChI=1S/C12H15F2N5O/c1-7(2)20-4-3-19-12(16-17-18-19)8-5-11(15)10(14)6-9(8)13/h5-7H,3-4,15H2,1-2H3. The molecule has 108 valence electrons. The second-order valence-electron chi connectivity index (χ2n) is 4.50. The third-order valence-electron chi connectivity index (χ3n) is 2.61. The molecule has 0 fully saturated rings. The van der Waals surface area contributed by atoms with Gasteiger partial charge in [0.2, 0.25) is 0 Å². The van der Waals surface area contributed by atoms with Crippen LogP contribution in [0.4, 0.5) is 14.5 Å². The molecular weight excluding hydrogens is 268 g/mol. The summed E-state index contributed by atoms with van der Waals surface area (Å²) in [6.07, 6.45) is 0.0770. The van der Waals surface area contributed by atoms with Crippen LogP contribution in [-0.4, -0.2) is 32.9 Å². The SMILES string of the molecule is CC(C)OCCn1nnnc1-c1cc(N)c(F)cc1F. The van der Waals surface area contributed by atoms with E-state index in [0.717, 1.165) is 0 Å². The second kappa shape index (κ2) is 5.91. The van der Waals surface area contributed by atoms with Crippen molar-refractivity contribution < 1.29 is 13.5 Å². The van der Waals surface area contributed by atoms with E-state index >= 15 is 0 Å². The van der Waals surface area contributed by atoms with Crippen molar-refractivity contribution in [3.05, 3.63) is 23.8 Å². The molecule has 1 heterocycles. The van der Waals surface area contributed by atoms with Gasteiger partial charge >= 0.3 is 0 Å². The first-order chi connectivity index (χ1) is 9.49. The van der Waals surface area contributed by atoms with E-state index in [4.69, 9.17) is 10.5 Å². The average Bonchev–Trinajstić information content (AvgIpc) is 2.81. The zero-order valence-electron chi connectivity index (χ0n) is 11.2. The number of ether oxygens (including phenoxy) is 1. The van der Waals surface area contributed by atoms with Crippen molar-refractivity contribution in [3.63, 3.8) is 0 Å². The van der Waals surface area contributed by atoms with E-state index in [2.05, 4.69) is 15.5 Å². The first-order valence-electron chi connectivity index (χ1n) is 6.11. The highest BCUT2D eigenvalue weighted by Crippen LogP contribution is 2.24. The summed E-state index contributed by atoms with van der Waals surface area (Å²) in [5.41, 5.74) is 5.34. The lowest BCUT2D eigenvalue weighted by Gasteiger charge is -2.09. The first-order valence-corrected chi connectivity index (χ1v) is 6.11. The molecule has 2 N–H and O–H groups in total. The Balaban J connectivity index is 2.25. The van der Waals surface area contributed by atoms with Crippen LogP contribution in [0.2, 0.25) is 0 Å². The van der Waals surface area contributed by atoms with Gasteiger partial charge in [0.05, 0.1) is 30.5 Å². The number of rotatable bonds is 5. The molecule has 1 aromatic carbocycles. The van der Waals surface area contributed by atoms with Gasteiger partial charge in [0, 0.05) is 6.07 Å².